The van der Waals surface area contributed by atoms with E-state index < -0.39 is 0 Å². The molecule has 134 valence electrons. The minimum Gasteiger partial charge on any atom is -0.492 e. The van der Waals surface area contributed by atoms with Crippen molar-refractivity contribution in [2.24, 2.45) is 0 Å². The number of benzene rings is 1. The molecule has 0 bridgehead atoms. The van der Waals surface area contributed by atoms with Crippen LogP contribution in [0.25, 0.3) is 0 Å². The van der Waals surface area contributed by atoms with Crippen LogP contribution in [0.1, 0.15) is 24.8 Å². The molecule has 25 heavy (non-hydrogen) atoms. The summed E-state index contributed by atoms with van der Waals surface area (Å²) < 4.78 is 11.3. The van der Waals surface area contributed by atoms with Crippen LogP contribution in [-0.4, -0.2) is 67.7 Å². The highest BCUT2D eigenvalue weighted by Gasteiger charge is 2.39. The fourth-order valence-electron chi connectivity index (χ4n) is 3.62. The number of carbonyl (C=O) groups is 1. The van der Waals surface area contributed by atoms with Crippen molar-refractivity contribution >= 4 is 5.91 Å². The highest BCUT2D eigenvalue weighted by molar-refractivity contribution is 5.82. The molecule has 2 fully saturated rings. The van der Waals surface area contributed by atoms with Gasteiger partial charge in [-0.25, -0.2) is 0 Å². The Morgan fingerprint density at radius 1 is 1.36 bits per heavy atom. The molecule has 1 aromatic carbocycles. The second-order valence-electron chi connectivity index (χ2n) is 6.62. The number of carbonyl (C=O) groups excluding carboxylic acids is 1. The van der Waals surface area contributed by atoms with Gasteiger partial charge >= 0.3 is 0 Å². The van der Waals surface area contributed by atoms with E-state index >= 15 is 0 Å². The van der Waals surface area contributed by atoms with Crippen molar-refractivity contribution in [3.05, 3.63) is 29.8 Å². The van der Waals surface area contributed by atoms with Crippen LogP contribution in [0, 0.1) is 11.3 Å². The lowest BCUT2D eigenvalue weighted by atomic mass is 10.1. The van der Waals surface area contributed by atoms with E-state index in [2.05, 4.69) is 11.0 Å². The minimum atomic E-state index is -0.114. The zero-order valence-corrected chi connectivity index (χ0v) is 14.7. The third-order valence-electron chi connectivity index (χ3n) is 5.01. The molecule has 2 aliphatic rings. The van der Waals surface area contributed by atoms with Gasteiger partial charge in [0.2, 0.25) is 5.91 Å². The summed E-state index contributed by atoms with van der Waals surface area (Å²) in [5.41, 5.74) is 0.584. The molecule has 6 heteroatoms. The molecule has 6 nitrogen and oxygen atoms in total. The molecule has 2 heterocycles. The Morgan fingerprint density at radius 2 is 2.16 bits per heavy atom. The summed E-state index contributed by atoms with van der Waals surface area (Å²) in [7, 11) is 1.70. The Balaban J connectivity index is 1.56. The lowest BCUT2D eigenvalue weighted by Gasteiger charge is -2.27. The van der Waals surface area contributed by atoms with Crippen molar-refractivity contribution in [1.82, 2.24) is 9.80 Å². The molecule has 2 aliphatic heterocycles. The van der Waals surface area contributed by atoms with Crippen LogP contribution >= 0.6 is 0 Å². The summed E-state index contributed by atoms with van der Waals surface area (Å²) in [6.45, 7) is 3.65. The molecule has 0 radical (unpaired) electrons. The first-order valence-electron chi connectivity index (χ1n) is 8.90. The van der Waals surface area contributed by atoms with Crippen molar-refractivity contribution < 1.29 is 14.3 Å². The molecule has 1 aromatic rings. The second kappa shape index (κ2) is 8.32. The van der Waals surface area contributed by atoms with Gasteiger partial charge in [0.05, 0.1) is 23.8 Å². The molecule has 2 saturated heterocycles. The number of ether oxygens (including phenoxy) is 2. The largest absolute Gasteiger partial charge is 0.492 e. The van der Waals surface area contributed by atoms with E-state index in [-0.39, 0.29) is 18.1 Å². The van der Waals surface area contributed by atoms with Crippen molar-refractivity contribution in [1.29, 1.82) is 5.26 Å². The maximum atomic E-state index is 12.8. The number of nitrogens with zero attached hydrogens (tertiary/aromatic N) is 3. The van der Waals surface area contributed by atoms with Crippen LogP contribution in [-0.2, 0) is 9.53 Å². The third-order valence-corrected chi connectivity index (χ3v) is 5.01. The summed E-state index contributed by atoms with van der Waals surface area (Å²) in [6, 6.07) is 9.13. The minimum absolute atomic E-state index is 0.0958. The lowest BCUT2D eigenvalue weighted by Crippen LogP contribution is -2.45. The Bertz CT molecular complexity index is 637. The molecule has 0 spiro atoms. The topological polar surface area (TPSA) is 65.8 Å². The lowest BCUT2D eigenvalue weighted by molar-refractivity contribution is -0.135. The molecule has 1 amide bonds. The molecule has 0 saturated carbocycles. The molecule has 3 rings (SSSR count). The summed E-state index contributed by atoms with van der Waals surface area (Å²) in [6.07, 6.45) is 3.04. The fourth-order valence-corrected chi connectivity index (χ4v) is 3.62. The number of methoxy groups -OCH3 is 1. The second-order valence-corrected chi connectivity index (χ2v) is 6.62. The van der Waals surface area contributed by atoms with Gasteiger partial charge in [0.1, 0.15) is 12.4 Å². The molecular formula is C19H25N3O3. The Morgan fingerprint density at radius 3 is 2.88 bits per heavy atom. The maximum absolute atomic E-state index is 12.8. The maximum Gasteiger partial charge on any atom is 0.240 e. The van der Waals surface area contributed by atoms with Crippen LogP contribution in [0.5, 0.6) is 5.75 Å². The van der Waals surface area contributed by atoms with Gasteiger partial charge in [0.15, 0.2) is 0 Å². The van der Waals surface area contributed by atoms with Crippen LogP contribution in [0.3, 0.4) is 0 Å². The highest BCUT2D eigenvalue weighted by atomic mass is 16.5. The highest BCUT2D eigenvalue weighted by Crippen LogP contribution is 2.23. The van der Waals surface area contributed by atoms with Gasteiger partial charge in [-0.05, 0) is 37.5 Å². The SMILES string of the molecule is CO[C@H]1C[C@@H](C(=O)N2CCCC2)N(CCOc2cccc(C#N)c2)C1. The van der Waals surface area contributed by atoms with Crippen molar-refractivity contribution in [2.75, 3.05) is 39.9 Å². The van der Waals surface area contributed by atoms with Gasteiger partial charge < -0.3 is 14.4 Å². The van der Waals surface area contributed by atoms with E-state index in [1.807, 2.05) is 17.0 Å². The van der Waals surface area contributed by atoms with E-state index in [9.17, 15) is 4.79 Å². The monoisotopic (exact) mass is 343 g/mol. The number of amides is 1. The van der Waals surface area contributed by atoms with Crippen LogP contribution in [0.15, 0.2) is 24.3 Å². The third kappa shape index (κ3) is 4.30. The molecule has 2 atom stereocenters. The zero-order valence-electron chi connectivity index (χ0n) is 14.7. The van der Waals surface area contributed by atoms with Crippen molar-refractivity contribution in [2.45, 2.75) is 31.4 Å². The predicted molar refractivity (Wildman–Crippen MR) is 93.2 cm³/mol. The first kappa shape index (κ1) is 17.7. The predicted octanol–water partition coefficient (Wildman–Crippen LogP) is 1.65. The number of hydrogen-bond acceptors (Lipinski definition) is 5. The first-order chi connectivity index (χ1) is 12.2. The molecule has 0 N–H and O–H groups in total. The normalized spacial score (nSPS) is 23.6. The smallest absolute Gasteiger partial charge is 0.240 e. The van der Waals surface area contributed by atoms with Crippen LogP contribution in [0.4, 0.5) is 0 Å². The molecule has 0 aliphatic carbocycles. The van der Waals surface area contributed by atoms with E-state index in [4.69, 9.17) is 14.7 Å². The zero-order chi connectivity index (χ0) is 17.6. The number of likely N-dealkylation sites (tertiary alicyclic amines) is 2. The van der Waals surface area contributed by atoms with Gasteiger partial charge in [-0.1, -0.05) is 6.07 Å². The Hall–Kier alpha value is -2.10. The van der Waals surface area contributed by atoms with Crippen LogP contribution in [0.2, 0.25) is 0 Å². The average molecular weight is 343 g/mol. The van der Waals surface area contributed by atoms with E-state index in [0.717, 1.165) is 38.9 Å². The van der Waals surface area contributed by atoms with E-state index in [0.29, 0.717) is 24.5 Å². The summed E-state index contributed by atoms with van der Waals surface area (Å²) >= 11 is 0. The molecule has 0 aromatic heterocycles. The quantitative estimate of drug-likeness (QED) is 0.786. The van der Waals surface area contributed by atoms with Crippen molar-refractivity contribution in [3.8, 4) is 11.8 Å². The van der Waals surface area contributed by atoms with E-state index in [1.54, 1.807) is 19.2 Å². The number of rotatable bonds is 6. The van der Waals surface area contributed by atoms with Gasteiger partial charge in [-0.15, -0.1) is 0 Å². The van der Waals surface area contributed by atoms with E-state index in [1.165, 1.54) is 0 Å². The Labute approximate surface area is 148 Å². The van der Waals surface area contributed by atoms with Gasteiger partial charge in [0, 0.05) is 33.3 Å². The summed E-state index contributed by atoms with van der Waals surface area (Å²) in [4.78, 5) is 16.9. The van der Waals surface area contributed by atoms with Crippen molar-refractivity contribution in [3.63, 3.8) is 0 Å². The number of nitriles is 1. The standard InChI is InChI=1S/C19H25N3O3/c1-24-17-12-18(19(23)21-7-2-3-8-21)22(14-17)9-10-25-16-6-4-5-15(11-16)13-20/h4-6,11,17-18H,2-3,7-10,12,14H2,1H3/t17-,18-/m0/s1. The fraction of sp³-hybridized carbons (Fsp3) is 0.579. The van der Waals surface area contributed by atoms with Gasteiger partial charge in [-0.3, -0.25) is 9.69 Å². The molecule has 0 unspecified atom stereocenters. The number of hydrogen-bond donors (Lipinski definition) is 0. The average Bonchev–Trinajstić information content (AvgIpc) is 3.31. The van der Waals surface area contributed by atoms with Crippen LogP contribution < -0.4 is 4.74 Å². The Kier molecular flexibility index (Phi) is 5.90. The van der Waals surface area contributed by atoms with Gasteiger partial charge in [0.25, 0.3) is 0 Å². The summed E-state index contributed by atoms with van der Waals surface area (Å²) in [5, 5.41) is 8.95. The molecular weight excluding hydrogens is 318 g/mol. The summed E-state index contributed by atoms with van der Waals surface area (Å²) in [5.74, 6) is 0.910. The van der Waals surface area contributed by atoms with Gasteiger partial charge in [-0.2, -0.15) is 5.26 Å². The first-order valence-corrected chi connectivity index (χ1v) is 8.90.